The summed E-state index contributed by atoms with van der Waals surface area (Å²) in [5.41, 5.74) is 5.19. The molecule has 0 saturated carbocycles. The minimum atomic E-state index is -0.522. The van der Waals surface area contributed by atoms with E-state index in [-0.39, 0.29) is 5.91 Å². The molecule has 1 saturated heterocycles. The third-order valence-corrected chi connectivity index (χ3v) is 5.73. The average molecular weight is 336 g/mol. The monoisotopic (exact) mass is 336 g/mol. The Morgan fingerprint density at radius 3 is 2.64 bits per heavy atom. The lowest BCUT2D eigenvalue weighted by Gasteiger charge is -2.20. The number of thiazole rings is 1. The Bertz CT molecular complexity index is 689. The maximum atomic E-state index is 12.1. The van der Waals surface area contributed by atoms with Crippen LogP contribution in [-0.4, -0.2) is 29.9 Å². The normalized spacial score (nSPS) is 15.6. The van der Waals surface area contributed by atoms with Crippen molar-refractivity contribution in [3.63, 3.8) is 0 Å². The molecule has 3 heterocycles. The molecule has 8 heteroatoms. The van der Waals surface area contributed by atoms with Crippen LogP contribution in [0.1, 0.15) is 43.0 Å². The molecule has 2 amide bonds. The summed E-state index contributed by atoms with van der Waals surface area (Å²) in [6, 6.07) is 3.16. The molecule has 2 aromatic heterocycles. The second-order valence-electron chi connectivity index (χ2n) is 5.07. The predicted octanol–water partition coefficient (Wildman–Crippen LogP) is 2.02. The second-order valence-corrected chi connectivity index (χ2v) is 7.22. The summed E-state index contributed by atoms with van der Waals surface area (Å²) in [6.45, 7) is 2.05. The zero-order valence-electron chi connectivity index (χ0n) is 11.8. The number of anilines is 1. The minimum Gasteiger partial charge on any atom is -0.365 e. The molecule has 0 aromatic carbocycles. The summed E-state index contributed by atoms with van der Waals surface area (Å²) in [4.78, 5) is 29.5. The van der Waals surface area contributed by atoms with E-state index >= 15 is 0 Å². The lowest BCUT2D eigenvalue weighted by Crippen LogP contribution is -2.26. The second kappa shape index (κ2) is 6.55. The van der Waals surface area contributed by atoms with Gasteiger partial charge < -0.3 is 11.1 Å². The van der Waals surface area contributed by atoms with Crippen LogP contribution in [0.4, 0.5) is 5.13 Å². The molecule has 0 bridgehead atoms. The number of piperidine rings is 1. The van der Waals surface area contributed by atoms with Gasteiger partial charge in [0, 0.05) is 11.1 Å². The minimum absolute atomic E-state index is 0.260. The van der Waals surface area contributed by atoms with Crippen LogP contribution in [0, 0.1) is 0 Å². The summed E-state index contributed by atoms with van der Waals surface area (Å²) in [5.74, 6) is -0.261. The fraction of sp³-hybridized carbons (Fsp3) is 0.357. The van der Waals surface area contributed by atoms with Gasteiger partial charge in [0.15, 0.2) is 5.13 Å². The highest BCUT2D eigenvalue weighted by molar-refractivity contribution is 7.17. The lowest BCUT2D eigenvalue weighted by atomic mass is 9.97. The topological polar surface area (TPSA) is 97.1 Å². The third-order valence-electron chi connectivity index (χ3n) is 3.56. The molecular weight excluding hydrogens is 320 g/mol. The SMILES string of the molecule is NC(=O)c1ccc(C(=O)Nc2ncc(C3CCNCC3)s2)s1. The van der Waals surface area contributed by atoms with Crippen LogP contribution in [-0.2, 0) is 0 Å². The van der Waals surface area contributed by atoms with E-state index in [9.17, 15) is 9.59 Å². The van der Waals surface area contributed by atoms with E-state index in [0.29, 0.717) is 20.8 Å². The molecule has 1 aliphatic heterocycles. The van der Waals surface area contributed by atoms with Crippen molar-refractivity contribution in [3.8, 4) is 0 Å². The smallest absolute Gasteiger partial charge is 0.267 e. The highest BCUT2D eigenvalue weighted by Gasteiger charge is 2.19. The number of nitrogens with two attached hydrogens (primary N) is 1. The van der Waals surface area contributed by atoms with Crippen molar-refractivity contribution in [2.75, 3.05) is 18.4 Å². The highest BCUT2D eigenvalue weighted by atomic mass is 32.1. The molecule has 1 fully saturated rings. The number of hydrogen-bond donors (Lipinski definition) is 3. The molecular formula is C14H16N4O2S2. The molecule has 1 aliphatic rings. The maximum absolute atomic E-state index is 12.1. The number of carbonyl (C=O) groups is 2. The number of hydrogen-bond acceptors (Lipinski definition) is 6. The largest absolute Gasteiger partial charge is 0.365 e. The molecule has 0 atom stereocenters. The van der Waals surface area contributed by atoms with Crippen molar-refractivity contribution in [3.05, 3.63) is 33.0 Å². The van der Waals surface area contributed by atoms with Crippen LogP contribution in [0.15, 0.2) is 18.3 Å². The lowest BCUT2D eigenvalue weighted by molar-refractivity contribution is 0.100. The number of amides is 2. The zero-order valence-corrected chi connectivity index (χ0v) is 13.4. The molecule has 0 unspecified atom stereocenters. The number of aromatic nitrogens is 1. The summed E-state index contributed by atoms with van der Waals surface area (Å²) >= 11 is 2.60. The third kappa shape index (κ3) is 3.34. The van der Waals surface area contributed by atoms with E-state index in [1.165, 1.54) is 16.2 Å². The standard InChI is InChI=1S/C14H16N4O2S2/c15-12(19)9-1-2-10(21-9)13(20)18-14-17-7-11(22-14)8-3-5-16-6-4-8/h1-2,7-8,16H,3-6H2,(H2,15,19)(H,17,18,20). The highest BCUT2D eigenvalue weighted by Crippen LogP contribution is 2.32. The molecule has 0 spiro atoms. The number of nitrogens with one attached hydrogen (secondary N) is 2. The van der Waals surface area contributed by atoms with Gasteiger partial charge in [-0.15, -0.1) is 22.7 Å². The van der Waals surface area contributed by atoms with E-state index in [4.69, 9.17) is 5.73 Å². The van der Waals surface area contributed by atoms with Crippen LogP contribution < -0.4 is 16.4 Å². The van der Waals surface area contributed by atoms with Crippen molar-refractivity contribution in [2.24, 2.45) is 5.73 Å². The van der Waals surface area contributed by atoms with Gasteiger partial charge in [0.25, 0.3) is 11.8 Å². The Hall–Kier alpha value is -1.77. The first-order valence-corrected chi connectivity index (χ1v) is 8.64. The van der Waals surface area contributed by atoms with Crippen molar-refractivity contribution < 1.29 is 9.59 Å². The van der Waals surface area contributed by atoms with Crippen molar-refractivity contribution in [1.29, 1.82) is 0 Å². The van der Waals surface area contributed by atoms with Gasteiger partial charge in [-0.3, -0.25) is 14.9 Å². The molecule has 0 radical (unpaired) electrons. The van der Waals surface area contributed by atoms with E-state index < -0.39 is 5.91 Å². The van der Waals surface area contributed by atoms with Gasteiger partial charge in [-0.1, -0.05) is 0 Å². The zero-order chi connectivity index (χ0) is 15.5. The maximum Gasteiger partial charge on any atom is 0.267 e. The first kappa shape index (κ1) is 15.1. The van der Waals surface area contributed by atoms with Crippen molar-refractivity contribution >= 4 is 39.6 Å². The van der Waals surface area contributed by atoms with E-state index in [1.807, 2.05) is 6.20 Å². The molecule has 2 aromatic rings. The molecule has 4 N–H and O–H groups in total. The summed E-state index contributed by atoms with van der Waals surface area (Å²) in [6.07, 6.45) is 4.05. The average Bonchev–Trinajstić information content (AvgIpc) is 3.17. The number of nitrogens with zero attached hydrogens (tertiary/aromatic N) is 1. The van der Waals surface area contributed by atoms with Gasteiger partial charge in [-0.25, -0.2) is 4.98 Å². The first-order chi connectivity index (χ1) is 10.6. The van der Waals surface area contributed by atoms with Gasteiger partial charge in [0.05, 0.1) is 9.75 Å². The van der Waals surface area contributed by atoms with Gasteiger partial charge in [0.1, 0.15) is 0 Å². The fourth-order valence-corrected chi connectivity index (χ4v) is 4.12. The Morgan fingerprint density at radius 1 is 1.23 bits per heavy atom. The summed E-state index contributed by atoms with van der Waals surface area (Å²) in [7, 11) is 0. The van der Waals surface area contributed by atoms with Gasteiger partial charge >= 0.3 is 0 Å². The van der Waals surface area contributed by atoms with Crippen molar-refractivity contribution in [1.82, 2.24) is 10.3 Å². The molecule has 116 valence electrons. The number of carbonyl (C=O) groups excluding carboxylic acids is 2. The van der Waals surface area contributed by atoms with E-state index in [1.54, 1.807) is 12.1 Å². The Labute approximate surface area is 135 Å². The number of primary amides is 1. The molecule has 3 rings (SSSR count). The number of thiophene rings is 1. The Kier molecular flexibility index (Phi) is 4.51. The van der Waals surface area contributed by atoms with E-state index in [2.05, 4.69) is 15.6 Å². The van der Waals surface area contributed by atoms with Crippen LogP contribution in [0.25, 0.3) is 0 Å². The molecule has 6 nitrogen and oxygen atoms in total. The summed E-state index contributed by atoms with van der Waals surface area (Å²) < 4.78 is 0. The van der Waals surface area contributed by atoms with Crippen LogP contribution in [0.2, 0.25) is 0 Å². The van der Waals surface area contributed by atoms with Gasteiger partial charge in [0.2, 0.25) is 0 Å². The predicted molar refractivity (Wildman–Crippen MR) is 87.7 cm³/mol. The van der Waals surface area contributed by atoms with Gasteiger partial charge in [-0.05, 0) is 44.0 Å². The number of rotatable bonds is 4. The van der Waals surface area contributed by atoms with E-state index in [0.717, 1.165) is 37.3 Å². The quantitative estimate of drug-likeness (QED) is 0.796. The fourth-order valence-electron chi connectivity index (χ4n) is 2.39. The Morgan fingerprint density at radius 2 is 1.95 bits per heavy atom. The molecule has 0 aliphatic carbocycles. The molecule has 22 heavy (non-hydrogen) atoms. The Balaban J connectivity index is 1.66. The van der Waals surface area contributed by atoms with Crippen LogP contribution in [0.5, 0.6) is 0 Å². The first-order valence-electron chi connectivity index (χ1n) is 7.01. The summed E-state index contributed by atoms with van der Waals surface area (Å²) in [5, 5.41) is 6.71. The van der Waals surface area contributed by atoms with Gasteiger partial charge in [-0.2, -0.15) is 0 Å². The van der Waals surface area contributed by atoms with Crippen LogP contribution >= 0.6 is 22.7 Å². The van der Waals surface area contributed by atoms with Crippen molar-refractivity contribution in [2.45, 2.75) is 18.8 Å². The van der Waals surface area contributed by atoms with Crippen LogP contribution in [0.3, 0.4) is 0 Å².